The van der Waals surface area contributed by atoms with Crippen molar-refractivity contribution in [3.63, 3.8) is 0 Å². The van der Waals surface area contributed by atoms with Crippen LogP contribution in [0.1, 0.15) is 290 Å². The van der Waals surface area contributed by atoms with Crippen molar-refractivity contribution >= 4 is 98.1 Å². The van der Waals surface area contributed by atoms with E-state index in [4.69, 9.17) is 9.97 Å². The van der Waals surface area contributed by atoms with E-state index in [9.17, 15) is 0 Å². The van der Waals surface area contributed by atoms with Crippen molar-refractivity contribution in [2.45, 2.75) is 313 Å². The number of alkyl halides is 1. The molecular formula is C65H104Br2N4OS2. The zero-order valence-corrected chi connectivity index (χ0v) is 52.4. The van der Waals surface area contributed by atoms with Gasteiger partial charge >= 0.3 is 5.69 Å². The molecule has 0 bridgehead atoms. The summed E-state index contributed by atoms with van der Waals surface area (Å²) in [4.78, 5) is 27.9. The molecule has 0 radical (unpaired) electrons. The second kappa shape index (κ2) is 36.0. The summed E-state index contributed by atoms with van der Waals surface area (Å²) in [6.45, 7) is 10.9. The van der Waals surface area contributed by atoms with Crippen LogP contribution in [0.25, 0.3) is 43.2 Å². The van der Waals surface area contributed by atoms with Crippen molar-refractivity contribution in [3.05, 3.63) is 38.0 Å². The lowest BCUT2D eigenvalue weighted by molar-refractivity contribution is 0.340. The van der Waals surface area contributed by atoms with Gasteiger partial charge in [-0.2, -0.15) is 0 Å². The van der Waals surface area contributed by atoms with Gasteiger partial charge in [0.2, 0.25) is 0 Å². The summed E-state index contributed by atoms with van der Waals surface area (Å²) < 4.78 is 7.26. The van der Waals surface area contributed by atoms with E-state index in [0.29, 0.717) is 16.0 Å². The van der Waals surface area contributed by atoms with Crippen molar-refractivity contribution in [2.24, 2.45) is 11.8 Å². The molecule has 0 aliphatic carbocycles. The van der Waals surface area contributed by atoms with Gasteiger partial charge in [-0.1, -0.05) is 275 Å². The van der Waals surface area contributed by atoms with Crippen molar-refractivity contribution in [1.82, 2.24) is 19.1 Å². The number of thioether (sulfide) groups is 1. The molecule has 0 saturated heterocycles. The summed E-state index contributed by atoms with van der Waals surface area (Å²) >= 11 is 11.5. The van der Waals surface area contributed by atoms with Crippen LogP contribution in [0.5, 0.6) is 0 Å². The summed E-state index contributed by atoms with van der Waals surface area (Å²) in [6, 6.07) is 6.81. The Kier molecular flexibility index (Phi) is 30.0. The number of unbranched alkanes of at least 4 members (excludes halogenated alkanes) is 32. The van der Waals surface area contributed by atoms with Crippen LogP contribution < -0.4 is 5.69 Å². The van der Waals surface area contributed by atoms with E-state index in [1.165, 1.54) is 277 Å². The molecule has 0 fully saturated rings. The van der Waals surface area contributed by atoms with Gasteiger partial charge in [-0.05, 0) is 83.6 Å². The van der Waals surface area contributed by atoms with Crippen LogP contribution in [0.15, 0.2) is 31.7 Å². The van der Waals surface area contributed by atoms with E-state index in [0.717, 1.165) is 56.4 Å². The first kappa shape index (κ1) is 61.8. The average molecular weight is 1180 g/mol. The third kappa shape index (κ3) is 20.0. The fourth-order valence-electron chi connectivity index (χ4n) is 12.4. The minimum atomic E-state index is 0.205. The van der Waals surface area contributed by atoms with E-state index in [2.05, 4.69) is 86.9 Å². The number of nitrogens with zero attached hydrogens (tertiary/aromatic N) is 4. The zero-order chi connectivity index (χ0) is 52.2. The van der Waals surface area contributed by atoms with Gasteiger partial charge in [0, 0.05) is 23.4 Å². The first-order chi connectivity index (χ1) is 36.4. The molecular weight excluding hydrogens is 1080 g/mol. The lowest BCUT2D eigenvalue weighted by atomic mass is 9.93. The molecule has 416 valence electrons. The van der Waals surface area contributed by atoms with Crippen molar-refractivity contribution in [2.75, 3.05) is 0 Å². The Labute approximate surface area is 476 Å². The number of imidazole rings is 1. The molecule has 5 nitrogen and oxygen atoms in total. The number of halogens is 2. The molecule has 74 heavy (non-hydrogen) atoms. The van der Waals surface area contributed by atoms with E-state index < -0.39 is 0 Å². The van der Waals surface area contributed by atoms with Gasteiger partial charge in [0.05, 0.1) is 45.7 Å². The summed E-state index contributed by atoms with van der Waals surface area (Å²) in [5, 5.41) is 1.19. The smallest absolute Gasteiger partial charge is 0.292 e. The normalized spacial score (nSPS) is 14.7. The lowest BCUT2D eigenvalue weighted by Crippen LogP contribution is -2.29. The van der Waals surface area contributed by atoms with Gasteiger partial charge in [-0.15, -0.1) is 23.1 Å². The number of thiophene rings is 1. The average Bonchev–Trinajstić information content (AvgIpc) is 4.09. The Balaban J connectivity index is 1.29. The minimum Gasteiger partial charge on any atom is -0.292 e. The Morgan fingerprint density at radius 1 is 0.500 bits per heavy atom. The molecule has 1 aliphatic heterocycles. The summed E-state index contributed by atoms with van der Waals surface area (Å²) in [5.74, 6) is 1.000. The van der Waals surface area contributed by atoms with E-state index in [1.54, 1.807) is 0 Å². The maximum atomic E-state index is 15.5. The maximum Gasteiger partial charge on any atom is 0.329 e. The molecule has 3 unspecified atom stereocenters. The molecule has 0 N–H and O–H groups in total. The Morgan fingerprint density at radius 3 is 1.20 bits per heavy atom. The van der Waals surface area contributed by atoms with Crippen molar-refractivity contribution in [3.8, 4) is 0 Å². The van der Waals surface area contributed by atoms with E-state index in [1.807, 2.05) is 23.1 Å². The lowest BCUT2D eigenvalue weighted by Gasteiger charge is -2.19. The van der Waals surface area contributed by atoms with Crippen LogP contribution in [0, 0.1) is 11.8 Å². The molecule has 3 atom stereocenters. The molecule has 0 spiro atoms. The van der Waals surface area contributed by atoms with Crippen LogP contribution in [-0.4, -0.2) is 23.3 Å². The number of benzene rings is 2. The summed E-state index contributed by atoms with van der Waals surface area (Å²) in [7, 11) is 0. The number of fused-ring (bicyclic) bond motifs is 8. The van der Waals surface area contributed by atoms with Crippen LogP contribution in [-0.2, 0) is 19.5 Å². The molecule has 1 aliphatic rings. The minimum absolute atomic E-state index is 0.205. The van der Waals surface area contributed by atoms with Gasteiger partial charge < -0.3 is 0 Å². The second-order valence-corrected chi connectivity index (χ2v) is 28.6. The topological polar surface area (TPSA) is 52.7 Å². The second-order valence-electron chi connectivity index (χ2n) is 23.3. The number of hydrogen-bond donors (Lipinski definition) is 0. The van der Waals surface area contributed by atoms with Gasteiger partial charge in [0.15, 0.2) is 0 Å². The fraction of sp³-hybridized carbons (Fsp3) is 0.769. The zero-order valence-electron chi connectivity index (χ0n) is 47.6. The Bertz CT molecular complexity index is 2390. The molecule has 0 amide bonds. The molecule has 4 heterocycles. The highest BCUT2D eigenvalue weighted by Crippen LogP contribution is 2.50. The molecule has 3 aromatic heterocycles. The van der Waals surface area contributed by atoms with Crippen molar-refractivity contribution < 1.29 is 0 Å². The molecule has 0 saturated carbocycles. The monoisotopic (exact) mass is 1180 g/mol. The van der Waals surface area contributed by atoms with E-state index in [-0.39, 0.29) is 5.69 Å². The largest absolute Gasteiger partial charge is 0.329 e. The highest BCUT2D eigenvalue weighted by atomic mass is 79.9. The van der Waals surface area contributed by atoms with Crippen molar-refractivity contribution in [1.29, 1.82) is 0 Å². The number of rotatable bonds is 44. The first-order valence-corrected chi connectivity index (χ1v) is 35.1. The van der Waals surface area contributed by atoms with Gasteiger partial charge in [0.25, 0.3) is 0 Å². The standard InChI is InChI=1S/C65H104Br2N4OS2/c1-5-9-13-17-21-25-27-31-35-39-43-51(41-37-33-29-23-19-15-11-7-3)49-70-57-47-55-56(69-62-54-46-60(67)74-64(54)63-53(61(62)68-55)45-59(66)73-63)48-58(57)71(65(70)72)50-52(42-38-34-30-24-20-16-12-8-4)44-40-36-32-28-26-22-18-14-10-6-2/h45,47-48,51-52,60H,5-44,46,49-50H2,1-4H3. The SMILES string of the molecule is CCCCCCCCCCCCC(CCCCCCCCCC)Cn1c(=O)n(CC(CCCCCCCCCC)CCCCCCCCCCCC)c2cc3nc4c(nc3cc21)c1c(c2sc(Br)cc24)SC(Br)C1. The van der Waals surface area contributed by atoms with Crippen LogP contribution >= 0.6 is 55.0 Å². The van der Waals surface area contributed by atoms with Crippen LogP contribution in [0.4, 0.5) is 0 Å². The first-order valence-electron chi connectivity index (χ1n) is 31.7. The molecule has 9 heteroatoms. The predicted octanol–water partition coefficient (Wildman–Crippen LogP) is 23.2. The maximum absolute atomic E-state index is 15.5. The number of hydrogen-bond acceptors (Lipinski definition) is 5. The van der Waals surface area contributed by atoms with Crippen LogP contribution in [0.2, 0.25) is 0 Å². The quantitative estimate of drug-likeness (QED) is 0.0222. The molecule has 5 aromatic rings. The highest BCUT2D eigenvalue weighted by molar-refractivity contribution is 9.11. The van der Waals surface area contributed by atoms with Gasteiger partial charge in [-0.3, -0.25) is 9.13 Å². The Hall–Kier alpha value is -1.42. The fourth-order valence-corrected chi connectivity index (χ4v) is 16.1. The van der Waals surface area contributed by atoms with Gasteiger partial charge in [0.1, 0.15) is 0 Å². The van der Waals surface area contributed by atoms with Gasteiger partial charge in [-0.25, -0.2) is 14.8 Å². The molecule has 6 rings (SSSR count). The highest BCUT2D eigenvalue weighted by Gasteiger charge is 2.29. The van der Waals surface area contributed by atoms with Crippen LogP contribution in [0.3, 0.4) is 0 Å². The third-order valence-corrected chi connectivity index (χ3v) is 20.7. The third-order valence-electron chi connectivity index (χ3n) is 16.9. The number of aromatic nitrogens is 4. The molecule has 2 aromatic carbocycles. The summed E-state index contributed by atoms with van der Waals surface area (Å²) in [6.07, 6.45) is 54.5. The summed E-state index contributed by atoms with van der Waals surface area (Å²) in [5.41, 5.74) is 7.54. The Morgan fingerprint density at radius 2 is 0.838 bits per heavy atom. The van der Waals surface area contributed by atoms with E-state index >= 15 is 4.79 Å². The predicted molar refractivity (Wildman–Crippen MR) is 337 cm³/mol.